The zero-order valence-electron chi connectivity index (χ0n) is 38.3. The topological polar surface area (TPSA) is 118 Å². The zero-order chi connectivity index (χ0) is 43.0. The predicted octanol–water partition coefficient (Wildman–Crippen LogP) is 13.2. The van der Waals surface area contributed by atoms with Gasteiger partial charge in [-0.2, -0.15) is 0 Å². The van der Waals surface area contributed by atoms with E-state index in [-0.39, 0.29) is 44.1 Å². The Hall–Kier alpha value is -2.49. The molecule has 0 bridgehead atoms. The first kappa shape index (κ1) is 54.5. The van der Waals surface area contributed by atoms with Gasteiger partial charge in [0.2, 0.25) is 0 Å². The number of unbranched alkanes of at least 4 members (excludes halogenated alkanes) is 18. The van der Waals surface area contributed by atoms with Crippen molar-refractivity contribution in [2.75, 3.05) is 19.8 Å². The lowest BCUT2D eigenvalue weighted by molar-refractivity contribution is -0.160. The van der Waals surface area contributed by atoms with Crippen LogP contribution in [0.1, 0.15) is 231 Å². The van der Waals surface area contributed by atoms with Gasteiger partial charge in [0.15, 0.2) is 6.29 Å². The number of benzene rings is 1. The molecule has 0 fully saturated rings. The molecular formula is C50H88O9. The SMILES string of the molecule is CCCCCCCCOC(CCC(=O)OCc1cc(CO)cc(COC(=O)CCCCCCCC(=O)OCC(CCCC)CCCCCC)c1)OCCCCCCCC. The molecule has 0 aliphatic rings. The van der Waals surface area contributed by atoms with Crippen LogP contribution < -0.4 is 0 Å². The van der Waals surface area contributed by atoms with Crippen LogP contribution in [0.15, 0.2) is 18.2 Å². The monoisotopic (exact) mass is 833 g/mol. The molecule has 0 radical (unpaired) electrons. The summed E-state index contributed by atoms with van der Waals surface area (Å²) in [6.45, 7) is 10.7. The zero-order valence-corrected chi connectivity index (χ0v) is 38.3. The second-order valence-corrected chi connectivity index (χ2v) is 16.7. The number of hydrogen-bond acceptors (Lipinski definition) is 9. The highest BCUT2D eigenvalue weighted by molar-refractivity contribution is 5.70. The quantitative estimate of drug-likeness (QED) is 0.0297. The van der Waals surface area contributed by atoms with Crippen molar-refractivity contribution in [3.8, 4) is 0 Å². The van der Waals surface area contributed by atoms with E-state index >= 15 is 0 Å². The molecule has 1 N–H and O–H groups in total. The molecule has 0 heterocycles. The van der Waals surface area contributed by atoms with Gasteiger partial charge >= 0.3 is 17.9 Å². The highest BCUT2D eigenvalue weighted by Gasteiger charge is 2.15. The summed E-state index contributed by atoms with van der Waals surface area (Å²) in [4.78, 5) is 37.7. The molecule has 0 aliphatic carbocycles. The van der Waals surface area contributed by atoms with Gasteiger partial charge in [-0.15, -0.1) is 0 Å². The Morgan fingerprint density at radius 3 is 1.37 bits per heavy atom. The summed E-state index contributed by atoms with van der Waals surface area (Å²) in [6, 6.07) is 5.45. The summed E-state index contributed by atoms with van der Waals surface area (Å²) in [5.74, 6) is -0.208. The molecule has 1 aromatic carbocycles. The first-order valence-electron chi connectivity index (χ1n) is 24.3. The van der Waals surface area contributed by atoms with Crippen LogP contribution in [-0.2, 0) is 57.9 Å². The number of rotatable bonds is 42. The summed E-state index contributed by atoms with van der Waals surface area (Å²) in [5.41, 5.74) is 2.13. The lowest BCUT2D eigenvalue weighted by Gasteiger charge is -2.19. The molecule has 9 nitrogen and oxygen atoms in total. The number of aliphatic hydroxyl groups is 1. The van der Waals surface area contributed by atoms with E-state index in [0.29, 0.717) is 50.6 Å². The van der Waals surface area contributed by atoms with Crippen LogP contribution in [0.5, 0.6) is 0 Å². The van der Waals surface area contributed by atoms with Crippen molar-refractivity contribution >= 4 is 17.9 Å². The van der Waals surface area contributed by atoms with E-state index < -0.39 is 6.29 Å². The largest absolute Gasteiger partial charge is 0.465 e. The van der Waals surface area contributed by atoms with Crippen LogP contribution in [0.3, 0.4) is 0 Å². The Bertz CT molecular complexity index is 1140. The van der Waals surface area contributed by atoms with Crippen LogP contribution in [0.4, 0.5) is 0 Å². The van der Waals surface area contributed by atoms with Crippen molar-refractivity contribution in [3.63, 3.8) is 0 Å². The van der Waals surface area contributed by atoms with Gasteiger partial charge in [0, 0.05) is 32.5 Å². The third-order valence-electron chi connectivity index (χ3n) is 11.0. The number of carbonyl (C=O) groups is 3. The average Bonchev–Trinajstić information content (AvgIpc) is 3.24. The summed E-state index contributed by atoms with van der Waals surface area (Å²) in [5, 5.41) is 9.86. The molecule has 1 aromatic rings. The smallest absolute Gasteiger partial charge is 0.306 e. The van der Waals surface area contributed by atoms with E-state index in [9.17, 15) is 19.5 Å². The highest BCUT2D eigenvalue weighted by Crippen LogP contribution is 2.20. The van der Waals surface area contributed by atoms with Crippen molar-refractivity contribution in [1.82, 2.24) is 0 Å². The van der Waals surface area contributed by atoms with Crippen molar-refractivity contribution in [3.05, 3.63) is 34.9 Å². The van der Waals surface area contributed by atoms with Gasteiger partial charge in [-0.3, -0.25) is 14.4 Å². The first-order valence-corrected chi connectivity index (χ1v) is 24.3. The van der Waals surface area contributed by atoms with Gasteiger partial charge in [0.25, 0.3) is 0 Å². The van der Waals surface area contributed by atoms with Crippen LogP contribution in [-0.4, -0.2) is 49.1 Å². The molecule has 59 heavy (non-hydrogen) atoms. The highest BCUT2D eigenvalue weighted by atomic mass is 16.7. The number of aliphatic hydroxyl groups excluding tert-OH is 1. The number of ether oxygens (including phenoxy) is 5. The molecule has 1 unspecified atom stereocenters. The van der Waals surface area contributed by atoms with Crippen LogP contribution in [0.2, 0.25) is 0 Å². The maximum atomic E-state index is 12.8. The Labute approximate surface area is 360 Å². The van der Waals surface area contributed by atoms with Gasteiger partial charge in [0.05, 0.1) is 19.6 Å². The second-order valence-electron chi connectivity index (χ2n) is 16.7. The Balaban J connectivity index is 2.39. The number of esters is 3. The van der Waals surface area contributed by atoms with Gasteiger partial charge in [0.1, 0.15) is 13.2 Å². The average molecular weight is 833 g/mol. The summed E-state index contributed by atoms with van der Waals surface area (Å²) in [6.07, 6.45) is 29.2. The second kappa shape index (κ2) is 39.6. The lowest BCUT2D eigenvalue weighted by Crippen LogP contribution is -2.21. The number of hydrogen-bond donors (Lipinski definition) is 1. The summed E-state index contributed by atoms with van der Waals surface area (Å²) < 4.78 is 29.0. The maximum absolute atomic E-state index is 12.8. The molecule has 0 amide bonds. The molecule has 0 spiro atoms. The van der Waals surface area contributed by atoms with E-state index in [2.05, 4.69) is 27.7 Å². The fourth-order valence-electron chi connectivity index (χ4n) is 7.23. The van der Waals surface area contributed by atoms with Crippen LogP contribution in [0.25, 0.3) is 0 Å². The molecule has 342 valence electrons. The number of carbonyl (C=O) groups excluding carboxylic acids is 3. The first-order chi connectivity index (χ1) is 28.8. The Morgan fingerprint density at radius 1 is 0.458 bits per heavy atom. The van der Waals surface area contributed by atoms with Crippen LogP contribution >= 0.6 is 0 Å². The molecule has 1 atom stereocenters. The molecule has 0 saturated carbocycles. The fourth-order valence-corrected chi connectivity index (χ4v) is 7.23. The lowest BCUT2D eigenvalue weighted by atomic mass is 9.96. The maximum Gasteiger partial charge on any atom is 0.306 e. The minimum Gasteiger partial charge on any atom is -0.465 e. The summed E-state index contributed by atoms with van der Waals surface area (Å²) >= 11 is 0. The predicted molar refractivity (Wildman–Crippen MR) is 239 cm³/mol. The van der Waals surface area contributed by atoms with Crippen molar-refractivity contribution < 1.29 is 43.2 Å². The fraction of sp³-hybridized carbons (Fsp3) is 0.820. The molecule has 9 heteroatoms. The van der Waals surface area contributed by atoms with E-state index in [4.69, 9.17) is 23.7 Å². The summed E-state index contributed by atoms with van der Waals surface area (Å²) in [7, 11) is 0. The molecular weight excluding hydrogens is 745 g/mol. The minimum absolute atomic E-state index is 0.0614. The van der Waals surface area contributed by atoms with Gasteiger partial charge in [-0.25, -0.2) is 0 Å². The van der Waals surface area contributed by atoms with E-state index in [1.165, 1.54) is 89.9 Å². The van der Waals surface area contributed by atoms with Crippen molar-refractivity contribution in [1.29, 1.82) is 0 Å². The molecule has 1 rings (SSSR count). The van der Waals surface area contributed by atoms with Gasteiger partial charge in [-0.05, 0) is 67.2 Å². The normalized spacial score (nSPS) is 11.9. The van der Waals surface area contributed by atoms with E-state index in [1.807, 2.05) is 6.07 Å². The third-order valence-corrected chi connectivity index (χ3v) is 11.0. The molecule has 0 saturated heterocycles. The molecule has 0 aliphatic heterocycles. The van der Waals surface area contributed by atoms with E-state index in [0.717, 1.165) is 81.8 Å². The standard InChI is InChI=1S/C50H88O9/c1-5-9-13-16-21-26-34-55-50(56-35-27-22-17-14-10-6-2)33-32-49(54)59-42-46-37-44(39-51)36-45(38-46)41-58-48(53)31-25-20-18-19-24-30-47(52)57-40-43(28-12-8-4)29-23-15-11-7-3/h36-38,43,50-51H,5-35,39-42H2,1-4H3. The van der Waals surface area contributed by atoms with Crippen molar-refractivity contribution in [2.45, 2.75) is 240 Å². The van der Waals surface area contributed by atoms with Crippen molar-refractivity contribution in [2.24, 2.45) is 5.92 Å². The van der Waals surface area contributed by atoms with Gasteiger partial charge in [-0.1, -0.05) is 162 Å². The molecule has 0 aromatic heterocycles. The third kappa shape index (κ3) is 32.9. The minimum atomic E-state index is -0.425. The van der Waals surface area contributed by atoms with Gasteiger partial charge < -0.3 is 28.8 Å². The Kier molecular flexibility index (Phi) is 36.6. The Morgan fingerprint density at radius 2 is 0.864 bits per heavy atom. The van der Waals surface area contributed by atoms with E-state index in [1.54, 1.807) is 12.1 Å². The van der Waals surface area contributed by atoms with Crippen LogP contribution in [0, 0.1) is 5.92 Å².